The van der Waals surface area contributed by atoms with Crippen molar-refractivity contribution in [1.29, 1.82) is 0 Å². The third-order valence-corrected chi connectivity index (χ3v) is 4.28. The van der Waals surface area contributed by atoms with E-state index in [9.17, 15) is 5.11 Å². The van der Waals surface area contributed by atoms with Gasteiger partial charge in [-0.15, -0.1) is 0 Å². The summed E-state index contributed by atoms with van der Waals surface area (Å²) in [6.45, 7) is 5.70. The SMILES string of the molecule is CC1(C)CN(c2snc3ccccc23)CC(CO)O1. The zero-order chi connectivity index (χ0) is 13.5. The Balaban J connectivity index is 1.96. The normalized spacial score (nSPS) is 22.9. The van der Waals surface area contributed by atoms with Crippen LogP contribution in [0.25, 0.3) is 10.9 Å². The van der Waals surface area contributed by atoms with Gasteiger partial charge in [-0.2, -0.15) is 4.37 Å². The fourth-order valence-corrected chi connectivity index (χ4v) is 3.52. The lowest BCUT2D eigenvalue weighted by Gasteiger charge is -2.42. The molecule has 0 aliphatic carbocycles. The van der Waals surface area contributed by atoms with Crippen molar-refractivity contribution in [3.63, 3.8) is 0 Å². The van der Waals surface area contributed by atoms with Gasteiger partial charge in [-0.05, 0) is 37.5 Å². The molecular weight excluding hydrogens is 260 g/mol. The van der Waals surface area contributed by atoms with Crippen LogP contribution in [0.1, 0.15) is 13.8 Å². The van der Waals surface area contributed by atoms with Crippen LogP contribution in [0.5, 0.6) is 0 Å². The minimum absolute atomic E-state index is 0.0522. The molecule has 0 saturated carbocycles. The van der Waals surface area contributed by atoms with Crippen molar-refractivity contribution in [2.24, 2.45) is 0 Å². The quantitative estimate of drug-likeness (QED) is 0.915. The average Bonchev–Trinajstić information content (AvgIpc) is 2.80. The van der Waals surface area contributed by atoms with E-state index in [0.29, 0.717) is 6.54 Å². The molecule has 2 heterocycles. The molecule has 0 bridgehead atoms. The largest absolute Gasteiger partial charge is 0.394 e. The van der Waals surface area contributed by atoms with Gasteiger partial charge >= 0.3 is 0 Å². The molecule has 0 radical (unpaired) electrons. The number of anilines is 1. The highest BCUT2D eigenvalue weighted by molar-refractivity contribution is 7.11. The van der Waals surface area contributed by atoms with Crippen LogP contribution in [0.3, 0.4) is 0 Å². The lowest BCUT2D eigenvalue weighted by molar-refractivity contribution is -0.100. The minimum Gasteiger partial charge on any atom is -0.394 e. The summed E-state index contributed by atoms with van der Waals surface area (Å²) in [6.07, 6.45) is -0.135. The van der Waals surface area contributed by atoms with E-state index in [-0.39, 0.29) is 18.3 Å². The van der Waals surface area contributed by atoms with E-state index >= 15 is 0 Å². The first-order valence-corrected chi connectivity index (χ1v) is 7.24. The molecule has 4 nitrogen and oxygen atoms in total. The Labute approximate surface area is 116 Å². The highest BCUT2D eigenvalue weighted by atomic mass is 32.1. The number of hydrogen-bond donors (Lipinski definition) is 1. The number of fused-ring (bicyclic) bond motifs is 1. The molecule has 1 saturated heterocycles. The number of aliphatic hydroxyl groups is 1. The Kier molecular flexibility index (Phi) is 3.20. The van der Waals surface area contributed by atoms with Gasteiger partial charge < -0.3 is 14.7 Å². The van der Waals surface area contributed by atoms with Gasteiger partial charge in [0.1, 0.15) is 5.00 Å². The number of rotatable bonds is 2. The lowest BCUT2D eigenvalue weighted by Crippen LogP contribution is -2.53. The molecule has 1 aliphatic heterocycles. The van der Waals surface area contributed by atoms with Crippen LogP contribution >= 0.6 is 11.5 Å². The molecule has 1 fully saturated rings. The van der Waals surface area contributed by atoms with Crippen molar-refractivity contribution in [2.75, 3.05) is 24.6 Å². The smallest absolute Gasteiger partial charge is 0.120 e. The first-order valence-electron chi connectivity index (χ1n) is 6.47. The fourth-order valence-electron chi connectivity index (χ4n) is 2.65. The van der Waals surface area contributed by atoms with E-state index in [1.165, 1.54) is 21.9 Å². The molecule has 1 unspecified atom stereocenters. The molecule has 5 heteroatoms. The van der Waals surface area contributed by atoms with Gasteiger partial charge in [-0.1, -0.05) is 12.1 Å². The first-order chi connectivity index (χ1) is 9.09. The van der Waals surface area contributed by atoms with Gasteiger partial charge in [0.05, 0.1) is 23.8 Å². The second-order valence-corrected chi connectivity index (χ2v) is 6.32. The van der Waals surface area contributed by atoms with Crippen molar-refractivity contribution in [3.05, 3.63) is 24.3 Å². The zero-order valence-corrected chi connectivity index (χ0v) is 12.0. The zero-order valence-electron chi connectivity index (χ0n) is 11.2. The lowest BCUT2D eigenvalue weighted by atomic mass is 10.1. The van der Waals surface area contributed by atoms with E-state index in [2.05, 4.69) is 29.2 Å². The predicted octanol–water partition coefficient (Wildman–Crippen LogP) is 2.27. The van der Waals surface area contributed by atoms with Crippen LogP contribution in [0.2, 0.25) is 0 Å². The first kappa shape index (κ1) is 12.8. The fraction of sp³-hybridized carbons (Fsp3) is 0.500. The van der Waals surface area contributed by atoms with Crippen molar-refractivity contribution >= 4 is 27.4 Å². The molecule has 0 amide bonds. The topological polar surface area (TPSA) is 45.6 Å². The maximum Gasteiger partial charge on any atom is 0.120 e. The number of ether oxygens (including phenoxy) is 1. The maximum absolute atomic E-state index is 9.39. The molecule has 2 aromatic rings. The van der Waals surface area contributed by atoms with Crippen LogP contribution in [-0.2, 0) is 4.74 Å². The summed E-state index contributed by atoms with van der Waals surface area (Å²) < 4.78 is 10.3. The summed E-state index contributed by atoms with van der Waals surface area (Å²) >= 11 is 1.52. The minimum atomic E-state index is -0.253. The molecular formula is C14H18N2O2S. The Bertz CT molecular complexity index is 582. The van der Waals surface area contributed by atoms with Crippen molar-refractivity contribution in [3.8, 4) is 0 Å². The Morgan fingerprint density at radius 3 is 3.05 bits per heavy atom. The van der Waals surface area contributed by atoms with Crippen molar-refractivity contribution in [1.82, 2.24) is 4.37 Å². The summed E-state index contributed by atoms with van der Waals surface area (Å²) in [5.41, 5.74) is 0.781. The summed E-state index contributed by atoms with van der Waals surface area (Å²) in [5, 5.41) is 11.7. The standard InChI is InChI=1S/C14H18N2O2S/c1-14(2)9-16(7-10(8-17)18-14)13-11-5-3-4-6-12(11)15-19-13/h3-6,10,17H,7-9H2,1-2H3. The van der Waals surface area contributed by atoms with E-state index < -0.39 is 0 Å². The monoisotopic (exact) mass is 278 g/mol. The number of hydrogen-bond acceptors (Lipinski definition) is 5. The molecule has 1 aromatic heterocycles. The molecule has 3 rings (SSSR count). The van der Waals surface area contributed by atoms with E-state index in [1.54, 1.807) is 0 Å². The number of nitrogens with zero attached hydrogens (tertiary/aromatic N) is 2. The summed E-state index contributed by atoms with van der Waals surface area (Å²) in [5.74, 6) is 0. The Morgan fingerprint density at radius 2 is 2.26 bits per heavy atom. The second-order valence-electron chi connectivity index (χ2n) is 5.57. The van der Waals surface area contributed by atoms with Gasteiger partial charge in [0.25, 0.3) is 0 Å². The molecule has 0 spiro atoms. The predicted molar refractivity (Wildman–Crippen MR) is 77.9 cm³/mol. The highest BCUT2D eigenvalue weighted by Crippen LogP contribution is 2.34. The van der Waals surface area contributed by atoms with Gasteiger partial charge in [0, 0.05) is 18.5 Å². The van der Waals surface area contributed by atoms with Gasteiger partial charge in [0.15, 0.2) is 0 Å². The summed E-state index contributed by atoms with van der Waals surface area (Å²) in [6, 6.07) is 8.18. The second kappa shape index (κ2) is 4.74. The van der Waals surface area contributed by atoms with Crippen LogP contribution in [0.4, 0.5) is 5.00 Å². The average molecular weight is 278 g/mol. The molecule has 1 N–H and O–H groups in total. The molecule has 1 atom stereocenters. The summed E-state index contributed by atoms with van der Waals surface area (Å²) in [7, 11) is 0. The highest BCUT2D eigenvalue weighted by Gasteiger charge is 2.34. The van der Waals surface area contributed by atoms with Crippen LogP contribution < -0.4 is 4.90 Å². The third kappa shape index (κ3) is 2.45. The van der Waals surface area contributed by atoms with Crippen molar-refractivity contribution < 1.29 is 9.84 Å². The van der Waals surface area contributed by atoms with Crippen LogP contribution in [0, 0.1) is 0 Å². The third-order valence-electron chi connectivity index (χ3n) is 3.34. The van der Waals surface area contributed by atoms with E-state index in [4.69, 9.17) is 4.74 Å². The van der Waals surface area contributed by atoms with Crippen LogP contribution in [0.15, 0.2) is 24.3 Å². The van der Waals surface area contributed by atoms with Gasteiger partial charge in [-0.25, -0.2) is 0 Å². The number of benzene rings is 1. The van der Waals surface area contributed by atoms with Gasteiger partial charge in [0.2, 0.25) is 0 Å². The van der Waals surface area contributed by atoms with E-state index in [0.717, 1.165) is 12.1 Å². The Morgan fingerprint density at radius 1 is 1.47 bits per heavy atom. The molecule has 1 aromatic carbocycles. The van der Waals surface area contributed by atoms with Crippen LogP contribution in [-0.4, -0.2) is 40.9 Å². The molecule has 19 heavy (non-hydrogen) atoms. The molecule has 1 aliphatic rings. The number of morpholine rings is 1. The van der Waals surface area contributed by atoms with Crippen molar-refractivity contribution in [2.45, 2.75) is 25.6 Å². The van der Waals surface area contributed by atoms with Gasteiger partial charge in [-0.3, -0.25) is 0 Å². The number of aliphatic hydroxyl groups excluding tert-OH is 1. The Hall–Kier alpha value is -1.17. The molecule has 102 valence electrons. The summed E-state index contributed by atoms with van der Waals surface area (Å²) in [4.78, 5) is 2.28. The number of aromatic nitrogens is 1. The van der Waals surface area contributed by atoms with E-state index in [1.807, 2.05) is 18.2 Å². The maximum atomic E-state index is 9.39.